The van der Waals surface area contributed by atoms with Crippen LogP contribution in [-0.4, -0.2) is 253 Å². The molecule has 0 spiro atoms. The van der Waals surface area contributed by atoms with Crippen LogP contribution in [0.15, 0.2) is 102 Å². The predicted molar refractivity (Wildman–Crippen MR) is 362 cm³/mol. The minimum Gasteiger partial charge on any atom is -0.492 e. The number of carboxylic acids is 1. The molecule has 5 amide bonds. The summed E-state index contributed by atoms with van der Waals surface area (Å²) < 4.78 is 58.3. The number of hydrogen-bond acceptors (Lipinski definition) is 24. The van der Waals surface area contributed by atoms with E-state index in [1.54, 1.807) is 24.3 Å². The molecular formula is C69H104N8O24. The molecule has 4 heterocycles. The van der Waals surface area contributed by atoms with Crippen LogP contribution in [0.4, 0.5) is 0 Å². The Balaban J connectivity index is 1.23. The molecule has 1 aromatic carbocycles. The lowest BCUT2D eigenvalue weighted by Crippen LogP contribution is -2.70. The molecule has 4 aliphatic rings. The van der Waals surface area contributed by atoms with Crippen LogP contribution in [0.2, 0.25) is 0 Å². The van der Waals surface area contributed by atoms with Crippen molar-refractivity contribution in [1.29, 1.82) is 0 Å². The van der Waals surface area contributed by atoms with Gasteiger partial charge < -0.3 is 115 Å². The van der Waals surface area contributed by atoms with Gasteiger partial charge in [0.1, 0.15) is 91.5 Å². The minimum absolute atomic E-state index is 0.123. The third-order valence-electron chi connectivity index (χ3n) is 16.7. The van der Waals surface area contributed by atoms with E-state index in [2.05, 4.69) is 104 Å². The van der Waals surface area contributed by atoms with Gasteiger partial charge in [0.15, 0.2) is 37.4 Å². The maximum absolute atomic E-state index is 14.5. The normalized spacial score (nSPS) is 29.6. The largest absolute Gasteiger partial charge is 0.492 e. The summed E-state index contributed by atoms with van der Waals surface area (Å²) in [5.41, 5.74) is 9.16. The van der Waals surface area contributed by atoms with Gasteiger partial charge in [-0.25, -0.2) is 4.79 Å². The lowest BCUT2D eigenvalue weighted by molar-refractivity contribution is -0.360. The Labute approximate surface area is 588 Å². The van der Waals surface area contributed by atoms with Crippen LogP contribution in [0, 0.1) is 0 Å². The van der Waals surface area contributed by atoms with Crippen molar-refractivity contribution in [3.63, 3.8) is 0 Å². The summed E-state index contributed by atoms with van der Waals surface area (Å²) in [7, 11) is 2.30. The molecule has 8 unspecified atom stereocenters. The summed E-state index contributed by atoms with van der Waals surface area (Å²) in [4.78, 5) is 81.9. The number of unbranched alkanes of at least 4 members (excludes halogenated alkanes) is 3. The number of methoxy groups -OCH3 is 2. The molecule has 101 heavy (non-hydrogen) atoms. The van der Waals surface area contributed by atoms with E-state index in [9.17, 15) is 69.6 Å². The van der Waals surface area contributed by atoms with Crippen LogP contribution in [0.1, 0.15) is 110 Å². The van der Waals surface area contributed by atoms with Gasteiger partial charge in [0.2, 0.25) is 23.6 Å². The number of benzene rings is 1. The van der Waals surface area contributed by atoms with E-state index in [1.165, 1.54) is 7.11 Å². The zero-order valence-corrected chi connectivity index (χ0v) is 57.9. The first-order valence-corrected chi connectivity index (χ1v) is 34.2. The fourth-order valence-electron chi connectivity index (χ4n) is 11.5. The second kappa shape index (κ2) is 46.5. The topological polar surface area (TPSA) is 465 Å². The number of azide groups is 1. The second-order valence-electron chi connectivity index (χ2n) is 24.4. The number of rotatable bonds is 43. The number of aliphatic hydroxyl groups excluding tert-OH is 7. The highest BCUT2D eigenvalue weighted by Crippen LogP contribution is 2.35. The molecule has 0 bridgehead atoms. The molecule has 4 saturated heterocycles. The Morgan fingerprint density at radius 2 is 1.17 bits per heavy atom. The molecule has 5 rings (SSSR count). The number of aliphatic carboxylic acids is 1. The maximum atomic E-state index is 14.5. The number of amides is 5. The Bertz CT molecular complexity index is 2920. The number of aliphatic hydroxyl groups is 7. The standard InChI is InChI=1S/C69H104N8O24/c1-6-7-8-9-10-11-12-13-14-15-16-17-18-19-20-21-22-23-26-29-51(82)71-36-37-94-45-32-30-44(31-33-45)38-46(63(88)72-34-27-24-25-28-35-73-77-70)76-64(89)62-57(86)61(92-4)58(87)69(101-62)100-60-53(75-43(3)81)67(98-50(41-79)55(60)84)95-47-39-48(65(90)91)96-68(56(47)85)99-59-52(74-42(2)80)66(93-5)97-49(40-78)54(59)83/h7-8,10-11,13-14,16-17,19-20,22-23,30-33,46-50,52-62,66-69,78-79,83-87H,6,9,12,15,18,21,24-29,34-41H2,1-5H3,(H,71,82)(H,72,88)(H,74,80)(H,75,81)(H,76,89)(H,90,91)/b8-7-,11-10-,14-13-,17-16-,20-19-,23-22-/t46-,47-,48?,49?,50?,52?,53?,54+,55+,56?,57-,58?,59+,60+,61-,62?,66+,67+,68-,69+/m0/s1. The minimum atomic E-state index is -2.06. The summed E-state index contributed by atoms with van der Waals surface area (Å²) in [6.45, 7) is 3.42. The van der Waals surface area contributed by atoms with Gasteiger partial charge in [-0.15, -0.1) is 0 Å². The van der Waals surface area contributed by atoms with Crippen molar-refractivity contribution in [3.05, 3.63) is 113 Å². The van der Waals surface area contributed by atoms with E-state index in [0.717, 1.165) is 59.5 Å². The van der Waals surface area contributed by atoms with Crippen LogP contribution in [0.5, 0.6) is 5.75 Å². The monoisotopic (exact) mass is 1430 g/mol. The Kier molecular flexibility index (Phi) is 39.0. The van der Waals surface area contributed by atoms with E-state index in [1.807, 2.05) is 12.2 Å². The molecule has 564 valence electrons. The van der Waals surface area contributed by atoms with E-state index < -0.39 is 172 Å². The fraction of sp³-hybridized carbons (Fsp3) is 0.652. The average molecular weight is 1430 g/mol. The molecule has 32 nitrogen and oxygen atoms in total. The number of carbonyl (C=O) groups is 6. The first kappa shape index (κ1) is 84.6. The van der Waals surface area contributed by atoms with Crippen LogP contribution >= 0.6 is 0 Å². The molecule has 0 radical (unpaired) electrons. The Morgan fingerprint density at radius 3 is 1.70 bits per heavy atom. The SMILES string of the molecule is CC/C=C\C/C=C\C/C=C\C/C=C\C/C=C\C/C=C\CCC(=O)NCCOc1ccc(C[C@H](NC(=O)C2O[C@@H](O[C@@H]3C(NC(C)=O)[C@H](O[C@H]4CC(C(=O)O)O[C@@H](O[C@@H]5C(NC(C)=O)[C@H](OC)OC(CO)[C@H]5O)C4O)OC(CO)[C@H]3O)C(O)[C@@H](OC)[C@@H]2O)C(=O)NCCCCCCN=[N+]=[N-])cc1. The predicted octanol–water partition coefficient (Wildman–Crippen LogP) is 1.66. The third kappa shape index (κ3) is 28.3. The molecule has 0 aliphatic carbocycles. The van der Waals surface area contributed by atoms with Gasteiger partial charge in [0, 0.05) is 65.3 Å². The summed E-state index contributed by atoms with van der Waals surface area (Å²) in [5, 5.41) is 106. The van der Waals surface area contributed by atoms with Crippen molar-refractivity contribution in [2.24, 2.45) is 5.11 Å². The number of carboxylic acid groups (broad SMARTS) is 1. The summed E-state index contributed by atoms with van der Waals surface area (Å²) >= 11 is 0. The van der Waals surface area contributed by atoms with Crippen LogP contribution < -0.4 is 31.3 Å². The first-order valence-electron chi connectivity index (χ1n) is 34.2. The first-order chi connectivity index (χ1) is 48.7. The molecule has 13 N–H and O–H groups in total. The quantitative estimate of drug-likeness (QED) is 0.0145. The third-order valence-corrected chi connectivity index (χ3v) is 16.7. The highest BCUT2D eigenvalue weighted by atomic mass is 16.8. The van der Waals surface area contributed by atoms with Crippen molar-refractivity contribution >= 4 is 35.5 Å². The van der Waals surface area contributed by atoms with Crippen LogP contribution in [0.25, 0.3) is 10.4 Å². The Hall–Kier alpha value is -7.05. The van der Waals surface area contributed by atoms with Crippen molar-refractivity contribution in [2.45, 2.75) is 233 Å². The number of allylic oxidation sites excluding steroid dienone is 12. The fourth-order valence-corrected chi connectivity index (χ4v) is 11.5. The smallest absolute Gasteiger partial charge is 0.333 e. The molecule has 20 atom stereocenters. The molecule has 0 saturated carbocycles. The van der Waals surface area contributed by atoms with Gasteiger partial charge in [-0.2, -0.15) is 0 Å². The zero-order chi connectivity index (χ0) is 73.6. The number of hydrogen-bond donors (Lipinski definition) is 13. The van der Waals surface area contributed by atoms with Gasteiger partial charge >= 0.3 is 5.97 Å². The van der Waals surface area contributed by atoms with E-state index >= 15 is 0 Å². The average Bonchev–Trinajstić information content (AvgIpc) is 0.777. The Morgan fingerprint density at radius 1 is 0.624 bits per heavy atom. The van der Waals surface area contributed by atoms with Gasteiger partial charge in [-0.1, -0.05) is 110 Å². The highest BCUT2D eigenvalue weighted by molar-refractivity contribution is 5.90. The summed E-state index contributed by atoms with van der Waals surface area (Å²) in [6.07, 6.45) is 2.78. The number of carbonyl (C=O) groups excluding carboxylic acids is 5. The second-order valence-corrected chi connectivity index (χ2v) is 24.4. The maximum Gasteiger partial charge on any atom is 0.333 e. The van der Waals surface area contributed by atoms with Crippen LogP contribution in [0.3, 0.4) is 0 Å². The number of nitrogens with zero attached hydrogens (tertiary/aromatic N) is 3. The summed E-state index contributed by atoms with van der Waals surface area (Å²) in [5.74, 6) is -4.48. The van der Waals surface area contributed by atoms with Gasteiger partial charge in [-0.3, -0.25) is 24.0 Å². The lowest BCUT2D eigenvalue weighted by Gasteiger charge is -2.49. The number of nitrogens with one attached hydrogen (secondary N) is 5. The summed E-state index contributed by atoms with van der Waals surface area (Å²) in [6, 6.07) is 2.20. The lowest BCUT2D eigenvalue weighted by atomic mass is 9.94. The van der Waals surface area contributed by atoms with E-state index in [0.29, 0.717) is 56.4 Å². The molecule has 1 aromatic rings. The van der Waals surface area contributed by atoms with Gasteiger partial charge in [0.25, 0.3) is 5.91 Å². The van der Waals surface area contributed by atoms with Crippen molar-refractivity contribution in [2.75, 3.05) is 53.7 Å². The van der Waals surface area contributed by atoms with Crippen molar-refractivity contribution in [3.8, 4) is 5.75 Å². The van der Waals surface area contributed by atoms with Gasteiger partial charge in [0.05, 0.1) is 25.9 Å². The zero-order valence-electron chi connectivity index (χ0n) is 57.9. The highest BCUT2D eigenvalue weighted by Gasteiger charge is 2.56. The molecular weight excluding hydrogens is 1320 g/mol. The molecule has 0 aromatic heterocycles. The molecule has 4 fully saturated rings. The number of ether oxygens (including phenoxy) is 10. The van der Waals surface area contributed by atoms with Crippen molar-refractivity contribution < 1.29 is 117 Å². The van der Waals surface area contributed by atoms with Gasteiger partial charge in [-0.05, 0) is 81.0 Å². The molecule has 32 heteroatoms. The molecule has 4 aliphatic heterocycles. The van der Waals surface area contributed by atoms with Crippen LogP contribution in [-0.2, 0) is 77.8 Å². The van der Waals surface area contributed by atoms with E-state index in [-0.39, 0.29) is 32.0 Å². The van der Waals surface area contributed by atoms with Crippen molar-refractivity contribution in [1.82, 2.24) is 26.6 Å². The van der Waals surface area contributed by atoms with E-state index in [4.69, 9.17) is 52.9 Å².